The van der Waals surface area contributed by atoms with Gasteiger partial charge in [-0.25, -0.2) is 0 Å². The molecular formula is C13H17NO2. The smallest absolute Gasteiger partial charge is 0.224 e. The summed E-state index contributed by atoms with van der Waals surface area (Å²) in [6.45, 7) is 3.95. The van der Waals surface area contributed by atoms with E-state index in [1.807, 2.05) is 6.07 Å². The van der Waals surface area contributed by atoms with E-state index in [2.05, 4.69) is 25.1 Å². The largest absolute Gasteiger partial charge is 0.359 e. The number of hydrogen-bond acceptors (Lipinski definition) is 2. The number of carbonyl (C=O) groups excluding carboxylic acids is 1. The summed E-state index contributed by atoms with van der Waals surface area (Å²) in [5.41, 5.74) is 2.47. The van der Waals surface area contributed by atoms with Crippen molar-refractivity contribution in [1.82, 2.24) is 4.90 Å². The van der Waals surface area contributed by atoms with Gasteiger partial charge in [-0.3, -0.25) is 4.79 Å². The molecule has 0 atom stereocenters. The van der Waals surface area contributed by atoms with Gasteiger partial charge in [-0.2, -0.15) is 0 Å². The molecule has 0 spiro atoms. The van der Waals surface area contributed by atoms with E-state index < -0.39 is 0 Å². The Morgan fingerprint density at radius 3 is 3.06 bits per heavy atom. The fourth-order valence-corrected chi connectivity index (χ4v) is 1.89. The Kier molecular flexibility index (Phi) is 3.57. The number of rotatable bonds is 3. The summed E-state index contributed by atoms with van der Waals surface area (Å²) in [6, 6.07) is 8.31. The second-order valence-corrected chi connectivity index (χ2v) is 4.18. The van der Waals surface area contributed by atoms with Crippen molar-refractivity contribution in [2.24, 2.45) is 0 Å². The van der Waals surface area contributed by atoms with Gasteiger partial charge < -0.3 is 9.64 Å². The van der Waals surface area contributed by atoms with Crippen molar-refractivity contribution in [3.8, 4) is 0 Å². The zero-order valence-electron chi connectivity index (χ0n) is 9.61. The van der Waals surface area contributed by atoms with Gasteiger partial charge in [-0.05, 0) is 18.9 Å². The van der Waals surface area contributed by atoms with E-state index in [0.29, 0.717) is 19.8 Å². The zero-order chi connectivity index (χ0) is 11.4. The van der Waals surface area contributed by atoms with Crippen molar-refractivity contribution in [3.05, 3.63) is 35.4 Å². The summed E-state index contributed by atoms with van der Waals surface area (Å²) >= 11 is 0. The molecule has 1 saturated heterocycles. The van der Waals surface area contributed by atoms with Crippen LogP contribution in [0.5, 0.6) is 0 Å². The number of aryl methyl sites for hydroxylation is 2. The molecule has 1 aromatic carbocycles. The third-order valence-electron chi connectivity index (χ3n) is 2.82. The van der Waals surface area contributed by atoms with Gasteiger partial charge in [0.1, 0.15) is 6.73 Å². The van der Waals surface area contributed by atoms with Gasteiger partial charge in [0, 0.05) is 13.0 Å². The molecule has 0 radical (unpaired) electrons. The molecule has 1 heterocycles. The molecule has 0 aromatic heterocycles. The first kappa shape index (κ1) is 11.1. The lowest BCUT2D eigenvalue weighted by Gasteiger charge is -2.13. The first-order chi connectivity index (χ1) is 7.75. The minimum atomic E-state index is 0.194. The molecule has 1 aliphatic heterocycles. The summed E-state index contributed by atoms with van der Waals surface area (Å²) in [7, 11) is 0. The lowest BCUT2D eigenvalue weighted by molar-refractivity contribution is -0.131. The first-order valence-electron chi connectivity index (χ1n) is 5.67. The highest BCUT2D eigenvalue weighted by atomic mass is 16.5. The summed E-state index contributed by atoms with van der Waals surface area (Å²) in [6.07, 6.45) is 1.39. The third kappa shape index (κ3) is 2.83. The standard InChI is InChI=1S/C13H17NO2/c1-11-3-2-4-12(9-11)5-6-13(15)14-7-8-16-10-14/h2-4,9H,5-8,10H2,1H3. The van der Waals surface area contributed by atoms with Crippen LogP contribution in [0.25, 0.3) is 0 Å². The van der Waals surface area contributed by atoms with Gasteiger partial charge in [0.05, 0.1) is 6.61 Å². The van der Waals surface area contributed by atoms with Crippen LogP contribution in [0.2, 0.25) is 0 Å². The summed E-state index contributed by atoms with van der Waals surface area (Å²) in [5.74, 6) is 0.194. The predicted molar refractivity (Wildman–Crippen MR) is 62.0 cm³/mol. The van der Waals surface area contributed by atoms with Crippen molar-refractivity contribution < 1.29 is 9.53 Å². The molecule has 86 valence electrons. The average molecular weight is 219 g/mol. The normalized spacial score (nSPS) is 15.4. The molecule has 1 fully saturated rings. The highest BCUT2D eigenvalue weighted by molar-refractivity contribution is 5.76. The van der Waals surface area contributed by atoms with Crippen molar-refractivity contribution in [2.75, 3.05) is 19.9 Å². The summed E-state index contributed by atoms with van der Waals surface area (Å²) in [4.78, 5) is 13.5. The van der Waals surface area contributed by atoms with E-state index in [-0.39, 0.29) is 5.91 Å². The van der Waals surface area contributed by atoms with Gasteiger partial charge in [-0.1, -0.05) is 29.8 Å². The van der Waals surface area contributed by atoms with Gasteiger partial charge in [0.15, 0.2) is 0 Å². The molecule has 3 nitrogen and oxygen atoms in total. The van der Waals surface area contributed by atoms with E-state index in [9.17, 15) is 4.79 Å². The monoisotopic (exact) mass is 219 g/mol. The number of nitrogens with zero attached hydrogens (tertiary/aromatic N) is 1. The number of carbonyl (C=O) groups is 1. The third-order valence-corrected chi connectivity index (χ3v) is 2.82. The fraction of sp³-hybridized carbons (Fsp3) is 0.462. The van der Waals surface area contributed by atoms with Gasteiger partial charge in [0.25, 0.3) is 0 Å². The van der Waals surface area contributed by atoms with Crippen molar-refractivity contribution in [2.45, 2.75) is 19.8 Å². The average Bonchev–Trinajstić information content (AvgIpc) is 2.79. The Morgan fingerprint density at radius 1 is 1.50 bits per heavy atom. The lowest BCUT2D eigenvalue weighted by atomic mass is 10.1. The number of ether oxygens (including phenoxy) is 1. The van der Waals surface area contributed by atoms with Gasteiger partial charge in [0.2, 0.25) is 5.91 Å². The van der Waals surface area contributed by atoms with E-state index in [1.54, 1.807) is 4.90 Å². The number of benzene rings is 1. The maximum Gasteiger partial charge on any atom is 0.224 e. The predicted octanol–water partition coefficient (Wildman–Crippen LogP) is 1.74. The van der Waals surface area contributed by atoms with E-state index >= 15 is 0 Å². The molecule has 1 aromatic rings. The molecule has 1 amide bonds. The molecule has 0 aliphatic carbocycles. The Labute approximate surface area is 96.0 Å². The summed E-state index contributed by atoms with van der Waals surface area (Å²) < 4.78 is 5.15. The van der Waals surface area contributed by atoms with E-state index in [0.717, 1.165) is 13.0 Å². The molecule has 16 heavy (non-hydrogen) atoms. The van der Waals surface area contributed by atoms with Crippen LogP contribution in [0, 0.1) is 6.92 Å². The van der Waals surface area contributed by atoms with Crippen LogP contribution in [-0.2, 0) is 16.0 Å². The molecule has 3 heteroatoms. The van der Waals surface area contributed by atoms with Crippen molar-refractivity contribution in [3.63, 3.8) is 0 Å². The van der Waals surface area contributed by atoms with Crippen molar-refractivity contribution in [1.29, 1.82) is 0 Å². The van der Waals surface area contributed by atoms with Crippen LogP contribution in [0.15, 0.2) is 24.3 Å². The quantitative estimate of drug-likeness (QED) is 0.775. The topological polar surface area (TPSA) is 29.5 Å². The SMILES string of the molecule is Cc1cccc(CCC(=O)N2CCOC2)c1. The highest BCUT2D eigenvalue weighted by Gasteiger charge is 2.17. The minimum Gasteiger partial charge on any atom is -0.359 e. The fourth-order valence-electron chi connectivity index (χ4n) is 1.89. The lowest BCUT2D eigenvalue weighted by Crippen LogP contribution is -2.28. The first-order valence-corrected chi connectivity index (χ1v) is 5.67. The number of hydrogen-bond donors (Lipinski definition) is 0. The Morgan fingerprint density at radius 2 is 2.38 bits per heavy atom. The molecule has 0 unspecified atom stereocenters. The second-order valence-electron chi connectivity index (χ2n) is 4.18. The molecular weight excluding hydrogens is 202 g/mol. The zero-order valence-corrected chi connectivity index (χ0v) is 9.61. The maximum absolute atomic E-state index is 11.7. The molecule has 1 aliphatic rings. The van der Waals surface area contributed by atoms with Crippen molar-refractivity contribution >= 4 is 5.91 Å². The van der Waals surface area contributed by atoms with Crippen LogP contribution in [-0.4, -0.2) is 30.7 Å². The van der Waals surface area contributed by atoms with Crippen LogP contribution in [0.3, 0.4) is 0 Å². The van der Waals surface area contributed by atoms with Crippen LogP contribution >= 0.6 is 0 Å². The van der Waals surface area contributed by atoms with Crippen LogP contribution in [0.4, 0.5) is 0 Å². The number of amides is 1. The van der Waals surface area contributed by atoms with E-state index in [1.165, 1.54) is 11.1 Å². The minimum absolute atomic E-state index is 0.194. The molecule has 2 rings (SSSR count). The van der Waals surface area contributed by atoms with Gasteiger partial charge >= 0.3 is 0 Å². The molecule has 0 saturated carbocycles. The Hall–Kier alpha value is -1.35. The highest BCUT2D eigenvalue weighted by Crippen LogP contribution is 2.09. The van der Waals surface area contributed by atoms with Crippen LogP contribution < -0.4 is 0 Å². The van der Waals surface area contributed by atoms with Crippen LogP contribution in [0.1, 0.15) is 17.5 Å². The Balaban J connectivity index is 1.84. The summed E-state index contributed by atoms with van der Waals surface area (Å²) in [5, 5.41) is 0. The molecule has 0 N–H and O–H groups in total. The Bertz CT molecular complexity index is 370. The van der Waals surface area contributed by atoms with Gasteiger partial charge in [-0.15, -0.1) is 0 Å². The van der Waals surface area contributed by atoms with E-state index in [4.69, 9.17) is 4.74 Å². The molecule has 0 bridgehead atoms. The second kappa shape index (κ2) is 5.12. The maximum atomic E-state index is 11.7.